The Morgan fingerprint density at radius 2 is 2.00 bits per heavy atom. The average Bonchev–Trinajstić information content (AvgIpc) is 2.66. The van der Waals surface area contributed by atoms with Gasteiger partial charge in [0.2, 0.25) is 0 Å². The van der Waals surface area contributed by atoms with Gasteiger partial charge in [-0.25, -0.2) is 4.79 Å². The number of rotatable bonds is 5. The first-order valence-electron chi connectivity index (χ1n) is 7.37. The highest BCUT2D eigenvalue weighted by Gasteiger charge is 2.51. The van der Waals surface area contributed by atoms with Crippen molar-refractivity contribution in [1.29, 1.82) is 0 Å². The van der Waals surface area contributed by atoms with Crippen LogP contribution >= 0.6 is 0 Å². The van der Waals surface area contributed by atoms with Crippen molar-refractivity contribution in [1.82, 2.24) is 4.90 Å². The lowest BCUT2D eigenvalue weighted by Crippen LogP contribution is -2.55. The molecule has 0 aromatic rings. The summed E-state index contributed by atoms with van der Waals surface area (Å²) in [6, 6.07) is 0. The van der Waals surface area contributed by atoms with Crippen LogP contribution < -0.4 is 0 Å². The van der Waals surface area contributed by atoms with Crippen LogP contribution in [0.25, 0.3) is 0 Å². The van der Waals surface area contributed by atoms with E-state index in [0.717, 1.165) is 0 Å². The fourth-order valence-electron chi connectivity index (χ4n) is 3.12. The van der Waals surface area contributed by atoms with Crippen LogP contribution in [-0.2, 0) is 14.3 Å². The van der Waals surface area contributed by atoms with E-state index in [1.165, 1.54) is 0 Å². The van der Waals surface area contributed by atoms with Gasteiger partial charge in [-0.05, 0) is 39.5 Å². The number of ether oxygens (including phenoxy) is 2. The van der Waals surface area contributed by atoms with Crippen LogP contribution in [0, 0.1) is 5.92 Å². The molecule has 0 saturated carbocycles. The van der Waals surface area contributed by atoms with Gasteiger partial charge in [-0.1, -0.05) is 6.92 Å². The van der Waals surface area contributed by atoms with Crippen LogP contribution in [0.5, 0.6) is 0 Å². The molecule has 1 rings (SSSR count). The van der Waals surface area contributed by atoms with E-state index in [1.54, 1.807) is 12.0 Å². The fourth-order valence-corrected chi connectivity index (χ4v) is 3.12. The number of hydrogen-bond donors (Lipinski definition) is 1. The molecule has 2 atom stereocenters. The molecule has 0 aliphatic carbocycles. The summed E-state index contributed by atoms with van der Waals surface area (Å²) in [7, 11) is 1.57. The van der Waals surface area contributed by atoms with Gasteiger partial charge in [0.1, 0.15) is 5.60 Å². The van der Waals surface area contributed by atoms with Crippen LogP contribution in [0.4, 0.5) is 4.79 Å². The Bertz CT molecular complexity index is 390. The number of carbonyl (C=O) groups excluding carboxylic acids is 1. The normalized spacial score (nSPS) is 26.0. The van der Waals surface area contributed by atoms with Crippen LogP contribution in [-0.4, -0.2) is 53.5 Å². The number of hydrogen-bond acceptors (Lipinski definition) is 4. The Morgan fingerprint density at radius 3 is 2.43 bits per heavy atom. The minimum atomic E-state index is -0.847. The third-order valence-electron chi connectivity index (χ3n) is 4.04. The molecule has 1 N–H and O–H groups in total. The highest BCUT2D eigenvalue weighted by molar-refractivity contribution is 5.71. The minimum Gasteiger partial charge on any atom is -0.481 e. The Labute approximate surface area is 126 Å². The first-order valence-corrected chi connectivity index (χ1v) is 7.37. The van der Waals surface area contributed by atoms with E-state index >= 15 is 0 Å². The topological polar surface area (TPSA) is 76.1 Å². The van der Waals surface area contributed by atoms with E-state index in [4.69, 9.17) is 14.6 Å². The van der Waals surface area contributed by atoms with Gasteiger partial charge in [0, 0.05) is 13.7 Å². The first-order chi connectivity index (χ1) is 9.66. The summed E-state index contributed by atoms with van der Waals surface area (Å²) in [6.45, 7) is 8.24. The molecule has 122 valence electrons. The number of carboxylic acid groups (broad SMARTS) is 1. The standard InChI is InChI=1S/C15H27NO5/c1-6-15(10-20-5)11(9-12(17)18)7-8-16(15)13(19)21-14(2,3)4/h11H,6-10H2,1-5H3,(H,17,18). The van der Waals surface area contributed by atoms with E-state index in [2.05, 4.69) is 0 Å². The predicted octanol–water partition coefficient (Wildman–Crippen LogP) is 2.51. The van der Waals surface area contributed by atoms with Gasteiger partial charge in [0.15, 0.2) is 0 Å². The number of amides is 1. The van der Waals surface area contributed by atoms with Crippen molar-refractivity contribution in [2.24, 2.45) is 5.92 Å². The monoisotopic (exact) mass is 301 g/mol. The zero-order chi connectivity index (χ0) is 16.3. The molecule has 1 aliphatic rings. The van der Waals surface area contributed by atoms with Gasteiger partial charge in [-0.2, -0.15) is 0 Å². The largest absolute Gasteiger partial charge is 0.481 e. The van der Waals surface area contributed by atoms with E-state index in [1.807, 2.05) is 27.7 Å². The molecule has 0 radical (unpaired) electrons. The number of carbonyl (C=O) groups is 2. The van der Waals surface area contributed by atoms with Crippen LogP contribution in [0.2, 0.25) is 0 Å². The average molecular weight is 301 g/mol. The molecule has 0 spiro atoms. The predicted molar refractivity (Wildman–Crippen MR) is 78.2 cm³/mol. The van der Waals surface area contributed by atoms with Gasteiger partial charge >= 0.3 is 12.1 Å². The molecule has 1 aliphatic heterocycles. The van der Waals surface area contributed by atoms with Crippen molar-refractivity contribution < 1.29 is 24.2 Å². The second kappa shape index (κ2) is 6.64. The van der Waals surface area contributed by atoms with Gasteiger partial charge in [0.25, 0.3) is 0 Å². The number of methoxy groups -OCH3 is 1. The molecule has 21 heavy (non-hydrogen) atoms. The quantitative estimate of drug-likeness (QED) is 0.844. The Morgan fingerprint density at radius 1 is 1.38 bits per heavy atom. The molecule has 6 nitrogen and oxygen atoms in total. The Balaban J connectivity index is 3.02. The summed E-state index contributed by atoms with van der Waals surface area (Å²) >= 11 is 0. The molecule has 1 saturated heterocycles. The first kappa shape index (κ1) is 17.8. The summed E-state index contributed by atoms with van der Waals surface area (Å²) in [5.74, 6) is -0.965. The summed E-state index contributed by atoms with van der Waals surface area (Å²) in [5, 5.41) is 9.11. The number of nitrogens with zero attached hydrogens (tertiary/aromatic N) is 1. The maximum absolute atomic E-state index is 12.4. The SMILES string of the molecule is CCC1(COC)C(CC(=O)O)CCN1C(=O)OC(C)(C)C. The highest BCUT2D eigenvalue weighted by Crippen LogP contribution is 2.41. The van der Waals surface area contributed by atoms with E-state index in [0.29, 0.717) is 26.0 Å². The third-order valence-corrected chi connectivity index (χ3v) is 4.04. The summed E-state index contributed by atoms with van der Waals surface area (Å²) in [4.78, 5) is 25.2. The van der Waals surface area contributed by atoms with Crippen LogP contribution in [0.15, 0.2) is 0 Å². The minimum absolute atomic E-state index is 0.0382. The third kappa shape index (κ3) is 4.09. The zero-order valence-corrected chi connectivity index (χ0v) is 13.6. The molecular formula is C15H27NO5. The highest BCUT2D eigenvalue weighted by atomic mass is 16.6. The molecule has 6 heteroatoms. The van der Waals surface area contributed by atoms with Crippen molar-refractivity contribution in [3.63, 3.8) is 0 Å². The molecule has 0 aromatic heterocycles. The lowest BCUT2D eigenvalue weighted by Gasteiger charge is -2.41. The van der Waals surface area contributed by atoms with Crippen molar-refractivity contribution in [2.75, 3.05) is 20.3 Å². The molecule has 1 fully saturated rings. The van der Waals surface area contributed by atoms with Crippen molar-refractivity contribution in [2.45, 2.75) is 58.1 Å². The van der Waals surface area contributed by atoms with Gasteiger partial charge in [-0.3, -0.25) is 9.69 Å². The summed E-state index contributed by atoms with van der Waals surface area (Å²) in [5.41, 5.74) is -1.18. The number of aliphatic carboxylic acids is 1. The smallest absolute Gasteiger partial charge is 0.410 e. The summed E-state index contributed by atoms with van der Waals surface area (Å²) in [6.07, 6.45) is 0.936. The van der Waals surface area contributed by atoms with E-state index in [-0.39, 0.29) is 12.3 Å². The van der Waals surface area contributed by atoms with Gasteiger partial charge in [0.05, 0.1) is 18.6 Å². The molecule has 2 unspecified atom stereocenters. The maximum atomic E-state index is 12.4. The van der Waals surface area contributed by atoms with Crippen molar-refractivity contribution in [3.8, 4) is 0 Å². The molecule has 1 heterocycles. The fraction of sp³-hybridized carbons (Fsp3) is 0.867. The van der Waals surface area contributed by atoms with Crippen molar-refractivity contribution in [3.05, 3.63) is 0 Å². The lowest BCUT2D eigenvalue weighted by atomic mass is 9.81. The van der Waals surface area contributed by atoms with E-state index < -0.39 is 23.2 Å². The Kier molecular flexibility index (Phi) is 5.61. The lowest BCUT2D eigenvalue weighted by molar-refractivity contribution is -0.139. The zero-order valence-electron chi connectivity index (χ0n) is 13.6. The second-order valence-electron chi connectivity index (χ2n) is 6.61. The maximum Gasteiger partial charge on any atom is 0.410 e. The molecular weight excluding hydrogens is 274 g/mol. The molecule has 0 bridgehead atoms. The van der Waals surface area contributed by atoms with Gasteiger partial charge < -0.3 is 14.6 Å². The number of likely N-dealkylation sites (tertiary alicyclic amines) is 1. The number of carboxylic acids is 1. The second-order valence-corrected chi connectivity index (χ2v) is 6.61. The van der Waals surface area contributed by atoms with Crippen molar-refractivity contribution >= 4 is 12.1 Å². The van der Waals surface area contributed by atoms with Gasteiger partial charge in [-0.15, -0.1) is 0 Å². The summed E-state index contributed by atoms with van der Waals surface area (Å²) < 4.78 is 10.8. The van der Waals surface area contributed by atoms with Crippen LogP contribution in [0.3, 0.4) is 0 Å². The molecule has 1 amide bonds. The Hall–Kier alpha value is -1.30. The molecule has 0 aromatic carbocycles. The van der Waals surface area contributed by atoms with E-state index in [9.17, 15) is 9.59 Å². The van der Waals surface area contributed by atoms with Crippen LogP contribution in [0.1, 0.15) is 47.0 Å².